The number of hydrogen-bond donors (Lipinski definition) is 2. The second kappa shape index (κ2) is 6.27. The molecule has 1 atom stereocenters. The summed E-state index contributed by atoms with van der Waals surface area (Å²) >= 11 is 0. The lowest BCUT2D eigenvalue weighted by atomic mass is 10.0. The number of aliphatic hydroxyl groups excluding tert-OH is 1. The normalized spacial score (nSPS) is 21.2. The van der Waals surface area contributed by atoms with Gasteiger partial charge in [-0.2, -0.15) is 0 Å². The number of hydrogen-bond acceptors (Lipinski definition) is 3. The maximum atomic E-state index is 13.8. The van der Waals surface area contributed by atoms with Gasteiger partial charge in [0.2, 0.25) is 0 Å². The Labute approximate surface area is 107 Å². The minimum Gasteiger partial charge on any atom is -0.395 e. The second-order valence-electron chi connectivity index (χ2n) is 4.93. The maximum Gasteiger partial charge on any atom is 0.127 e. The SMILES string of the molecule is NCc1ccc(F)c(CN2CCCCC2CO)c1. The summed E-state index contributed by atoms with van der Waals surface area (Å²) in [5.41, 5.74) is 7.21. The van der Waals surface area contributed by atoms with Crippen LogP contribution >= 0.6 is 0 Å². The molecule has 0 radical (unpaired) electrons. The van der Waals surface area contributed by atoms with Crippen LogP contribution in [0.4, 0.5) is 4.39 Å². The first kappa shape index (κ1) is 13.5. The number of aliphatic hydroxyl groups is 1. The van der Waals surface area contributed by atoms with E-state index in [1.54, 1.807) is 6.07 Å². The minimum absolute atomic E-state index is 0.151. The van der Waals surface area contributed by atoms with E-state index < -0.39 is 0 Å². The van der Waals surface area contributed by atoms with E-state index in [1.165, 1.54) is 6.07 Å². The first-order valence-electron chi connectivity index (χ1n) is 6.57. The van der Waals surface area contributed by atoms with Gasteiger partial charge in [-0.3, -0.25) is 4.90 Å². The van der Waals surface area contributed by atoms with Gasteiger partial charge in [0.15, 0.2) is 0 Å². The van der Waals surface area contributed by atoms with Crippen LogP contribution < -0.4 is 5.73 Å². The van der Waals surface area contributed by atoms with Gasteiger partial charge in [0.1, 0.15) is 5.82 Å². The molecule has 1 aliphatic rings. The highest BCUT2D eigenvalue weighted by molar-refractivity contribution is 5.25. The molecule has 100 valence electrons. The molecule has 18 heavy (non-hydrogen) atoms. The molecule has 1 aliphatic heterocycles. The molecule has 0 spiro atoms. The molecule has 0 aromatic heterocycles. The summed E-state index contributed by atoms with van der Waals surface area (Å²) < 4.78 is 13.8. The van der Waals surface area contributed by atoms with E-state index >= 15 is 0 Å². The van der Waals surface area contributed by atoms with Crippen molar-refractivity contribution in [1.29, 1.82) is 0 Å². The average Bonchev–Trinajstić information content (AvgIpc) is 2.42. The van der Waals surface area contributed by atoms with Gasteiger partial charge in [-0.1, -0.05) is 18.6 Å². The van der Waals surface area contributed by atoms with Crippen LogP contribution in [0.15, 0.2) is 18.2 Å². The van der Waals surface area contributed by atoms with Gasteiger partial charge < -0.3 is 10.8 Å². The van der Waals surface area contributed by atoms with E-state index in [1.807, 2.05) is 6.07 Å². The lowest BCUT2D eigenvalue weighted by Crippen LogP contribution is -2.41. The van der Waals surface area contributed by atoms with E-state index in [-0.39, 0.29) is 18.5 Å². The lowest BCUT2D eigenvalue weighted by Gasteiger charge is -2.34. The second-order valence-corrected chi connectivity index (χ2v) is 4.93. The number of halogens is 1. The van der Waals surface area contributed by atoms with Crippen LogP contribution in [0, 0.1) is 5.82 Å². The number of rotatable bonds is 4. The summed E-state index contributed by atoms with van der Waals surface area (Å²) in [6, 6.07) is 5.20. The molecule has 3 N–H and O–H groups in total. The van der Waals surface area contributed by atoms with Crippen LogP contribution in [0.5, 0.6) is 0 Å². The molecular weight excluding hydrogens is 231 g/mol. The first-order chi connectivity index (χ1) is 8.74. The minimum atomic E-state index is -0.186. The van der Waals surface area contributed by atoms with Crippen molar-refractivity contribution >= 4 is 0 Å². The summed E-state index contributed by atoms with van der Waals surface area (Å²) in [7, 11) is 0. The van der Waals surface area contributed by atoms with Crippen molar-refractivity contribution in [3.05, 3.63) is 35.1 Å². The Kier molecular flexibility index (Phi) is 4.69. The molecule has 0 amide bonds. The Morgan fingerprint density at radius 1 is 1.39 bits per heavy atom. The smallest absolute Gasteiger partial charge is 0.127 e. The van der Waals surface area contributed by atoms with Crippen molar-refractivity contribution in [1.82, 2.24) is 4.90 Å². The lowest BCUT2D eigenvalue weighted by molar-refractivity contribution is 0.0832. The van der Waals surface area contributed by atoms with E-state index in [2.05, 4.69) is 4.90 Å². The molecule has 1 unspecified atom stereocenters. The molecule has 3 nitrogen and oxygen atoms in total. The van der Waals surface area contributed by atoms with Gasteiger partial charge >= 0.3 is 0 Å². The summed E-state index contributed by atoms with van der Waals surface area (Å²) in [4.78, 5) is 2.17. The Morgan fingerprint density at radius 3 is 2.94 bits per heavy atom. The van der Waals surface area contributed by atoms with Gasteiger partial charge in [0.05, 0.1) is 6.61 Å². The Balaban J connectivity index is 2.11. The van der Waals surface area contributed by atoms with Crippen LogP contribution in [-0.2, 0) is 13.1 Å². The van der Waals surface area contributed by atoms with Crippen molar-refractivity contribution in [2.75, 3.05) is 13.2 Å². The Bertz CT molecular complexity index is 397. The zero-order chi connectivity index (χ0) is 13.0. The molecule has 1 aromatic carbocycles. The predicted octanol–water partition coefficient (Wildman–Crippen LogP) is 1.63. The van der Waals surface area contributed by atoms with E-state index in [0.717, 1.165) is 31.4 Å². The fourth-order valence-electron chi connectivity index (χ4n) is 2.57. The molecule has 0 bridgehead atoms. The van der Waals surface area contributed by atoms with Crippen molar-refractivity contribution in [3.8, 4) is 0 Å². The largest absolute Gasteiger partial charge is 0.395 e. The zero-order valence-corrected chi connectivity index (χ0v) is 10.6. The number of piperidine rings is 1. The third kappa shape index (κ3) is 3.07. The summed E-state index contributed by atoms with van der Waals surface area (Å²) in [5, 5.41) is 9.35. The first-order valence-corrected chi connectivity index (χ1v) is 6.57. The van der Waals surface area contributed by atoms with Crippen LogP contribution in [0.3, 0.4) is 0 Å². The average molecular weight is 252 g/mol. The molecule has 1 saturated heterocycles. The van der Waals surface area contributed by atoms with Crippen molar-refractivity contribution in [2.24, 2.45) is 5.73 Å². The van der Waals surface area contributed by atoms with Gasteiger partial charge in [-0.15, -0.1) is 0 Å². The van der Waals surface area contributed by atoms with Gasteiger partial charge in [-0.05, 0) is 31.0 Å². The van der Waals surface area contributed by atoms with Crippen LogP contribution in [-0.4, -0.2) is 29.2 Å². The maximum absolute atomic E-state index is 13.8. The Morgan fingerprint density at radius 2 is 2.22 bits per heavy atom. The number of benzene rings is 1. The highest BCUT2D eigenvalue weighted by Crippen LogP contribution is 2.21. The Hall–Kier alpha value is -0.970. The quantitative estimate of drug-likeness (QED) is 0.856. The van der Waals surface area contributed by atoms with Gasteiger partial charge in [0, 0.05) is 24.7 Å². The van der Waals surface area contributed by atoms with Crippen molar-refractivity contribution < 1.29 is 9.50 Å². The van der Waals surface area contributed by atoms with Crippen molar-refractivity contribution in [2.45, 2.75) is 38.4 Å². The summed E-state index contributed by atoms with van der Waals surface area (Å²) in [6.07, 6.45) is 3.26. The number of likely N-dealkylation sites (tertiary alicyclic amines) is 1. The van der Waals surface area contributed by atoms with Crippen LogP contribution in [0.2, 0.25) is 0 Å². The predicted molar refractivity (Wildman–Crippen MR) is 69.4 cm³/mol. The van der Waals surface area contributed by atoms with E-state index in [9.17, 15) is 9.50 Å². The summed E-state index contributed by atoms with van der Waals surface area (Å²) in [6.45, 7) is 2.07. The molecule has 4 heteroatoms. The third-order valence-electron chi connectivity index (χ3n) is 3.68. The monoisotopic (exact) mass is 252 g/mol. The number of nitrogens with two attached hydrogens (primary N) is 1. The van der Waals surface area contributed by atoms with Crippen LogP contribution in [0.25, 0.3) is 0 Å². The summed E-state index contributed by atoms with van der Waals surface area (Å²) in [5.74, 6) is -0.186. The molecule has 0 aliphatic carbocycles. The highest BCUT2D eigenvalue weighted by Gasteiger charge is 2.22. The van der Waals surface area contributed by atoms with E-state index in [0.29, 0.717) is 18.7 Å². The molecule has 1 aromatic rings. The number of nitrogens with zero attached hydrogens (tertiary/aromatic N) is 1. The van der Waals surface area contributed by atoms with Crippen molar-refractivity contribution in [3.63, 3.8) is 0 Å². The zero-order valence-electron chi connectivity index (χ0n) is 10.6. The van der Waals surface area contributed by atoms with Gasteiger partial charge in [-0.25, -0.2) is 4.39 Å². The molecular formula is C14H21FN2O. The third-order valence-corrected chi connectivity index (χ3v) is 3.68. The topological polar surface area (TPSA) is 49.5 Å². The fourth-order valence-corrected chi connectivity index (χ4v) is 2.57. The fraction of sp³-hybridized carbons (Fsp3) is 0.571. The van der Waals surface area contributed by atoms with Crippen LogP contribution in [0.1, 0.15) is 30.4 Å². The molecule has 1 fully saturated rings. The molecule has 1 heterocycles. The molecule has 0 saturated carbocycles. The molecule has 2 rings (SSSR count). The standard InChI is InChI=1S/C14H21FN2O/c15-14-5-4-11(8-16)7-12(14)9-17-6-2-1-3-13(17)10-18/h4-5,7,13,18H,1-3,6,8-10,16H2. The van der Waals surface area contributed by atoms with E-state index in [4.69, 9.17) is 5.73 Å². The van der Waals surface area contributed by atoms with Gasteiger partial charge in [0.25, 0.3) is 0 Å². The highest BCUT2D eigenvalue weighted by atomic mass is 19.1.